The van der Waals surface area contributed by atoms with Crippen molar-refractivity contribution in [3.05, 3.63) is 29.8 Å². The van der Waals surface area contributed by atoms with Crippen molar-refractivity contribution in [1.82, 2.24) is 0 Å². The monoisotopic (exact) mass is 309 g/mol. The van der Waals surface area contributed by atoms with Gasteiger partial charge in [0.15, 0.2) is 0 Å². The minimum Gasteiger partial charge on any atom is -0.450 e. The van der Waals surface area contributed by atoms with E-state index in [9.17, 15) is 4.39 Å². The maximum absolute atomic E-state index is 13.1. The Morgan fingerprint density at radius 3 is 2.29 bits per heavy atom. The Morgan fingerprint density at radius 2 is 1.93 bits per heavy atom. The van der Waals surface area contributed by atoms with Crippen LogP contribution in [0.1, 0.15) is 25.5 Å². The number of benzene rings is 1. The molecule has 0 aliphatic heterocycles. The van der Waals surface area contributed by atoms with Crippen LogP contribution in [0.2, 0.25) is 0 Å². The first-order valence-electron chi connectivity index (χ1n) is 4.31. The maximum atomic E-state index is 13.1. The van der Waals surface area contributed by atoms with Crippen molar-refractivity contribution >= 4 is 22.6 Å². The van der Waals surface area contributed by atoms with Crippen molar-refractivity contribution in [3.63, 3.8) is 0 Å². The van der Waals surface area contributed by atoms with Crippen LogP contribution in [0.4, 0.5) is 4.39 Å². The van der Waals surface area contributed by atoms with E-state index in [1.165, 1.54) is 6.92 Å². The summed E-state index contributed by atoms with van der Waals surface area (Å²) in [7, 11) is 0. The Kier molecular flexibility index (Phi) is 3.71. The molecule has 0 aliphatic rings. The number of rotatable bonds is 3. The molecule has 0 saturated carbocycles. The van der Waals surface area contributed by atoms with Crippen molar-refractivity contribution in [3.8, 4) is 5.75 Å². The molecule has 0 bridgehead atoms. The summed E-state index contributed by atoms with van der Waals surface area (Å²) in [6.07, 6.45) is 0. The molecule has 0 amide bonds. The first kappa shape index (κ1) is 11.7. The van der Waals surface area contributed by atoms with E-state index >= 15 is 0 Å². The second-order valence-corrected chi connectivity index (χ2v) is 5.19. The van der Waals surface area contributed by atoms with Crippen LogP contribution in [0.3, 0.4) is 0 Å². The average molecular weight is 309 g/mol. The van der Waals surface area contributed by atoms with Crippen LogP contribution in [0.25, 0.3) is 0 Å². The lowest BCUT2D eigenvalue weighted by Gasteiger charge is -2.15. The molecule has 2 nitrogen and oxygen atoms in total. The Hall–Kier alpha value is -0.360. The van der Waals surface area contributed by atoms with Gasteiger partial charge in [0.05, 0.1) is 0 Å². The van der Waals surface area contributed by atoms with Crippen LogP contribution >= 0.6 is 22.6 Å². The van der Waals surface area contributed by atoms with Gasteiger partial charge in [0.25, 0.3) is 3.86 Å². The second kappa shape index (κ2) is 4.44. The predicted octanol–water partition coefficient (Wildman–Crippen LogP) is 3.16. The molecule has 14 heavy (non-hydrogen) atoms. The zero-order valence-corrected chi connectivity index (χ0v) is 10.3. The second-order valence-electron chi connectivity index (χ2n) is 3.27. The van der Waals surface area contributed by atoms with E-state index in [1.807, 2.05) is 19.1 Å². The molecule has 0 spiro atoms. The van der Waals surface area contributed by atoms with Gasteiger partial charge in [-0.25, -0.2) is 0 Å². The number of hydrogen-bond acceptors (Lipinski definition) is 2. The summed E-state index contributed by atoms with van der Waals surface area (Å²) in [6.45, 7) is 3.25. The largest absolute Gasteiger partial charge is 0.450 e. The van der Waals surface area contributed by atoms with Gasteiger partial charge in [0.2, 0.25) is 0 Å². The number of nitrogens with two attached hydrogens (primary N) is 1. The molecular weight excluding hydrogens is 296 g/mol. The minimum absolute atomic E-state index is 0.0135. The summed E-state index contributed by atoms with van der Waals surface area (Å²) in [4.78, 5) is 0. The van der Waals surface area contributed by atoms with E-state index in [-0.39, 0.29) is 6.04 Å². The first-order chi connectivity index (χ1) is 6.38. The van der Waals surface area contributed by atoms with E-state index in [4.69, 9.17) is 10.5 Å². The number of alkyl halides is 2. The summed E-state index contributed by atoms with van der Waals surface area (Å²) in [5.74, 6) is 0.508. The highest BCUT2D eigenvalue weighted by Gasteiger charge is 2.19. The quantitative estimate of drug-likeness (QED) is 0.687. The molecule has 1 aromatic rings. The molecule has 1 rings (SSSR count). The zero-order chi connectivity index (χ0) is 10.8. The normalized spacial score (nSPS) is 17.2. The lowest BCUT2D eigenvalue weighted by atomic mass is 10.1. The zero-order valence-electron chi connectivity index (χ0n) is 8.13. The highest BCUT2D eigenvalue weighted by atomic mass is 127. The molecular formula is C10H13FINO. The van der Waals surface area contributed by atoms with E-state index in [0.717, 1.165) is 5.56 Å². The fourth-order valence-corrected chi connectivity index (χ4v) is 1.30. The van der Waals surface area contributed by atoms with Crippen molar-refractivity contribution in [2.75, 3.05) is 0 Å². The molecule has 78 valence electrons. The van der Waals surface area contributed by atoms with Gasteiger partial charge in [0, 0.05) is 35.6 Å². The molecule has 0 saturated heterocycles. The Morgan fingerprint density at radius 1 is 1.43 bits per heavy atom. The van der Waals surface area contributed by atoms with Crippen LogP contribution in [-0.2, 0) is 0 Å². The molecule has 0 aromatic heterocycles. The first-order valence-corrected chi connectivity index (χ1v) is 5.39. The summed E-state index contributed by atoms with van der Waals surface area (Å²) in [5.41, 5.74) is 6.68. The Labute approximate surface area is 96.8 Å². The molecule has 2 atom stereocenters. The van der Waals surface area contributed by atoms with Gasteiger partial charge in [0.1, 0.15) is 5.75 Å². The summed E-state index contributed by atoms with van der Waals surface area (Å²) in [5, 5.41) is 0. The molecule has 1 aromatic carbocycles. The number of hydrogen-bond donors (Lipinski definition) is 1. The van der Waals surface area contributed by atoms with E-state index in [1.54, 1.807) is 34.7 Å². The summed E-state index contributed by atoms with van der Waals surface area (Å²) in [6, 6.07) is 7.09. The predicted molar refractivity (Wildman–Crippen MR) is 63.2 cm³/mol. The highest BCUT2D eigenvalue weighted by Crippen LogP contribution is 2.26. The third-order valence-corrected chi connectivity index (χ3v) is 1.92. The SMILES string of the molecule is CC(N)c1ccc(OC(C)(F)I)cc1. The van der Waals surface area contributed by atoms with Crippen molar-refractivity contribution in [2.45, 2.75) is 23.8 Å². The van der Waals surface area contributed by atoms with Crippen LogP contribution in [0, 0.1) is 0 Å². The minimum atomic E-state index is -1.67. The van der Waals surface area contributed by atoms with Crippen LogP contribution < -0.4 is 10.5 Å². The average Bonchev–Trinajstić information content (AvgIpc) is 2.02. The standard InChI is InChI=1S/C10H13FINO/c1-7(13)8-3-5-9(6-4-8)14-10(2,11)12/h3-7H,13H2,1-2H3. The third-order valence-electron chi connectivity index (χ3n) is 1.70. The Balaban J connectivity index is 2.74. The number of ether oxygens (including phenoxy) is 1. The van der Waals surface area contributed by atoms with Crippen LogP contribution in [-0.4, -0.2) is 3.86 Å². The van der Waals surface area contributed by atoms with Gasteiger partial charge >= 0.3 is 0 Å². The molecule has 0 heterocycles. The topological polar surface area (TPSA) is 35.2 Å². The maximum Gasteiger partial charge on any atom is 0.295 e. The Bertz CT molecular complexity index is 292. The van der Waals surface area contributed by atoms with Crippen molar-refractivity contribution < 1.29 is 9.13 Å². The van der Waals surface area contributed by atoms with Gasteiger partial charge in [-0.05, 0) is 24.6 Å². The molecule has 0 aliphatic carbocycles. The number of halogens is 2. The third kappa shape index (κ3) is 3.79. The van der Waals surface area contributed by atoms with Crippen LogP contribution in [0.5, 0.6) is 5.75 Å². The fraction of sp³-hybridized carbons (Fsp3) is 0.400. The van der Waals surface area contributed by atoms with Gasteiger partial charge in [-0.15, -0.1) is 0 Å². The molecule has 2 unspecified atom stereocenters. The van der Waals surface area contributed by atoms with E-state index < -0.39 is 3.86 Å². The molecule has 4 heteroatoms. The van der Waals surface area contributed by atoms with Gasteiger partial charge in [-0.3, -0.25) is 0 Å². The van der Waals surface area contributed by atoms with Crippen LogP contribution in [0.15, 0.2) is 24.3 Å². The molecule has 2 N–H and O–H groups in total. The lowest BCUT2D eigenvalue weighted by Crippen LogP contribution is -2.16. The van der Waals surface area contributed by atoms with Gasteiger partial charge in [-0.1, -0.05) is 12.1 Å². The van der Waals surface area contributed by atoms with Gasteiger partial charge < -0.3 is 10.5 Å². The summed E-state index contributed by atoms with van der Waals surface area (Å²) >= 11 is 1.59. The highest BCUT2D eigenvalue weighted by molar-refractivity contribution is 14.1. The van der Waals surface area contributed by atoms with Gasteiger partial charge in [-0.2, -0.15) is 4.39 Å². The van der Waals surface area contributed by atoms with E-state index in [2.05, 4.69) is 0 Å². The van der Waals surface area contributed by atoms with Crippen molar-refractivity contribution in [1.29, 1.82) is 0 Å². The fourth-order valence-electron chi connectivity index (χ4n) is 1.05. The molecule has 0 fully saturated rings. The lowest BCUT2D eigenvalue weighted by molar-refractivity contribution is 0.0673. The summed E-state index contributed by atoms with van der Waals surface area (Å²) < 4.78 is 16.4. The van der Waals surface area contributed by atoms with E-state index in [0.29, 0.717) is 5.75 Å². The smallest absolute Gasteiger partial charge is 0.295 e. The van der Waals surface area contributed by atoms with Crippen molar-refractivity contribution in [2.24, 2.45) is 5.73 Å². The molecule has 0 radical (unpaired) electrons.